The molecule has 1 aliphatic heterocycles. The standard InChI is InChI=1S/C30H23BrN2O4/c1-16-3-7-18(8-4-16)25(19-9-5-17(2)6-10-19)26-21-12-13-22(26)28-27(21)29(34)32(30(28)35)24-14-11-20(33(36)37)15-23(24)31/h3-15,21-22,27-28H,1-2H3/t21-,22-,27-,28-/m1/s1. The number of non-ortho nitro benzene ring substituents is 1. The maximum Gasteiger partial charge on any atom is 0.270 e. The average molecular weight is 555 g/mol. The summed E-state index contributed by atoms with van der Waals surface area (Å²) in [4.78, 5) is 39.4. The van der Waals surface area contributed by atoms with Crippen molar-refractivity contribution in [1.29, 1.82) is 0 Å². The molecule has 2 aliphatic carbocycles. The Bertz CT molecular complexity index is 1460. The van der Waals surface area contributed by atoms with Crippen LogP contribution in [0.4, 0.5) is 11.4 Å². The van der Waals surface area contributed by atoms with Crippen molar-refractivity contribution in [3.63, 3.8) is 0 Å². The molecule has 7 heteroatoms. The number of hydrogen-bond donors (Lipinski definition) is 0. The zero-order valence-electron chi connectivity index (χ0n) is 20.2. The highest BCUT2D eigenvalue weighted by molar-refractivity contribution is 9.10. The van der Waals surface area contributed by atoms with Crippen LogP contribution in [0.25, 0.3) is 5.57 Å². The van der Waals surface area contributed by atoms with Gasteiger partial charge in [0.05, 0.1) is 22.4 Å². The molecule has 2 fully saturated rings. The smallest absolute Gasteiger partial charge is 0.270 e. The molecule has 2 bridgehead atoms. The Morgan fingerprint density at radius 3 is 1.73 bits per heavy atom. The molecule has 0 aromatic heterocycles. The molecule has 3 aromatic rings. The van der Waals surface area contributed by atoms with Crippen molar-refractivity contribution < 1.29 is 14.5 Å². The number of carbonyl (C=O) groups is 2. The van der Waals surface area contributed by atoms with Crippen LogP contribution in [-0.4, -0.2) is 16.7 Å². The quantitative estimate of drug-likeness (QED) is 0.162. The number of hydrogen-bond acceptors (Lipinski definition) is 4. The predicted octanol–water partition coefficient (Wildman–Crippen LogP) is 6.40. The molecule has 0 radical (unpaired) electrons. The normalized spacial score (nSPS) is 23.6. The summed E-state index contributed by atoms with van der Waals surface area (Å²) in [5.74, 6) is -1.88. The largest absolute Gasteiger partial charge is 0.274 e. The van der Waals surface area contributed by atoms with Crippen LogP contribution in [0.3, 0.4) is 0 Å². The monoisotopic (exact) mass is 554 g/mol. The lowest BCUT2D eigenvalue weighted by Crippen LogP contribution is -2.33. The third kappa shape index (κ3) is 3.60. The van der Waals surface area contributed by atoms with Gasteiger partial charge in [0.1, 0.15) is 0 Å². The van der Waals surface area contributed by atoms with E-state index in [1.807, 2.05) is 0 Å². The first-order valence-electron chi connectivity index (χ1n) is 12.1. The molecule has 0 N–H and O–H groups in total. The van der Waals surface area contributed by atoms with Crippen LogP contribution in [0, 0.1) is 47.6 Å². The van der Waals surface area contributed by atoms with Gasteiger partial charge in [0, 0.05) is 28.4 Å². The fraction of sp³-hybridized carbons (Fsp3) is 0.200. The Kier molecular flexibility index (Phi) is 5.49. The van der Waals surface area contributed by atoms with Crippen LogP contribution in [0.2, 0.25) is 0 Å². The first-order valence-corrected chi connectivity index (χ1v) is 12.9. The third-order valence-corrected chi connectivity index (χ3v) is 8.40. The number of anilines is 1. The average Bonchev–Trinajstić information content (AvgIpc) is 3.51. The van der Waals surface area contributed by atoms with Gasteiger partial charge in [-0.05, 0) is 58.1 Å². The zero-order chi connectivity index (χ0) is 26.0. The summed E-state index contributed by atoms with van der Waals surface area (Å²) in [6, 6.07) is 20.9. The lowest BCUT2D eigenvalue weighted by Gasteiger charge is -2.22. The van der Waals surface area contributed by atoms with E-state index < -0.39 is 16.8 Å². The number of fused-ring (bicyclic) bond motifs is 5. The number of carbonyl (C=O) groups excluding carboxylic acids is 2. The Morgan fingerprint density at radius 2 is 1.30 bits per heavy atom. The van der Waals surface area contributed by atoms with Gasteiger partial charge in [-0.2, -0.15) is 0 Å². The second-order valence-corrected chi connectivity index (χ2v) is 10.8. The molecule has 0 spiro atoms. The molecule has 6 nitrogen and oxygen atoms in total. The highest BCUT2D eigenvalue weighted by atomic mass is 79.9. The Balaban J connectivity index is 1.46. The van der Waals surface area contributed by atoms with Gasteiger partial charge in [0.2, 0.25) is 11.8 Å². The van der Waals surface area contributed by atoms with Gasteiger partial charge < -0.3 is 0 Å². The lowest BCUT2D eigenvalue weighted by molar-refractivity contribution is -0.384. The van der Waals surface area contributed by atoms with E-state index in [2.05, 4.69) is 90.5 Å². The van der Waals surface area contributed by atoms with Crippen molar-refractivity contribution in [3.8, 4) is 0 Å². The van der Waals surface area contributed by atoms with E-state index in [9.17, 15) is 19.7 Å². The zero-order valence-corrected chi connectivity index (χ0v) is 21.8. The topological polar surface area (TPSA) is 80.5 Å². The minimum atomic E-state index is -0.504. The van der Waals surface area contributed by atoms with E-state index in [4.69, 9.17) is 0 Å². The summed E-state index contributed by atoms with van der Waals surface area (Å²) in [6.07, 6.45) is 4.15. The van der Waals surface area contributed by atoms with Crippen LogP contribution in [-0.2, 0) is 9.59 Å². The van der Waals surface area contributed by atoms with Crippen molar-refractivity contribution >= 4 is 44.7 Å². The number of halogens is 1. The number of nitrogens with zero attached hydrogens (tertiary/aromatic N) is 2. The second kappa shape index (κ2) is 8.63. The molecule has 37 heavy (non-hydrogen) atoms. The van der Waals surface area contributed by atoms with E-state index in [0.29, 0.717) is 10.2 Å². The van der Waals surface area contributed by atoms with Crippen LogP contribution in [0.1, 0.15) is 22.3 Å². The first-order chi connectivity index (χ1) is 17.8. The fourth-order valence-corrected chi connectivity index (χ4v) is 6.61. The number of imide groups is 1. The van der Waals surface area contributed by atoms with Gasteiger partial charge in [0.15, 0.2) is 0 Å². The second-order valence-electron chi connectivity index (χ2n) is 9.96. The van der Waals surface area contributed by atoms with Crippen molar-refractivity contribution in [3.05, 3.63) is 121 Å². The summed E-state index contributed by atoms with van der Waals surface area (Å²) < 4.78 is 0.347. The number of nitro groups is 1. The van der Waals surface area contributed by atoms with E-state index in [1.165, 1.54) is 23.1 Å². The van der Waals surface area contributed by atoms with E-state index in [0.717, 1.165) is 33.4 Å². The SMILES string of the molecule is Cc1ccc(C(=C2[C@H]3C=C[C@H]2[C@H]2C(=O)N(c4ccc([N+](=O)[O-])cc4Br)C(=O)[C@@H]23)c2ccc(C)cc2)cc1. The summed E-state index contributed by atoms with van der Waals surface area (Å²) in [5.41, 5.74) is 6.90. The fourth-order valence-electron chi connectivity index (χ4n) is 6.07. The first kappa shape index (κ1) is 23.6. The molecule has 3 aromatic carbocycles. The summed E-state index contributed by atoms with van der Waals surface area (Å²) in [7, 11) is 0. The predicted molar refractivity (Wildman–Crippen MR) is 145 cm³/mol. The van der Waals surface area contributed by atoms with Gasteiger partial charge in [-0.3, -0.25) is 19.7 Å². The molecule has 1 saturated carbocycles. The van der Waals surface area contributed by atoms with Crippen molar-refractivity contribution in [2.45, 2.75) is 13.8 Å². The molecular formula is C30H23BrN2O4. The van der Waals surface area contributed by atoms with Gasteiger partial charge in [-0.1, -0.05) is 71.8 Å². The molecule has 4 atom stereocenters. The minimum Gasteiger partial charge on any atom is -0.274 e. The minimum absolute atomic E-state index is 0.109. The molecule has 184 valence electrons. The lowest BCUT2D eigenvalue weighted by atomic mass is 9.85. The third-order valence-electron chi connectivity index (χ3n) is 7.77. The Hall–Kier alpha value is -3.84. The van der Waals surface area contributed by atoms with Crippen LogP contribution >= 0.6 is 15.9 Å². The van der Waals surface area contributed by atoms with Gasteiger partial charge in [-0.15, -0.1) is 0 Å². The Labute approximate surface area is 222 Å². The highest BCUT2D eigenvalue weighted by Gasteiger charge is 2.62. The molecule has 6 rings (SSSR count). The number of rotatable bonds is 4. The molecule has 1 heterocycles. The number of nitro benzene ring substituents is 1. The van der Waals surface area contributed by atoms with Crippen LogP contribution in [0.15, 0.2) is 88.9 Å². The number of aryl methyl sites for hydroxylation is 2. The Morgan fingerprint density at radius 1 is 0.811 bits per heavy atom. The van der Waals surface area contributed by atoms with E-state index >= 15 is 0 Å². The molecule has 3 aliphatic rings. The van der Waals surface area contributed by atoms with Crippen LogP contribution in [0.5, 0.6) is 0 Å². The molecule has 0 unspecified atom stereocenters. The number of benzene rings is 3. The van der Waals surface area contributed by atoms with E-state index in [1.54, 1.807) is 0 Å². The van der Waals surface area contributed by atoms with Gasteiger partial charge >= 0.3 is 0 Å². The summed E-state index contributed by atoms with van der Waals surface area (Å²) in [6.45, 7) is 4.10. The van der Waals surface area contributed by atoms with Gasteiger partial charge in [-0.25, -0.2) is 4.90 Å². The maximum atomic E-state index is 13.8. The maximum absolute atomic E-state index is 13.8. The summed E-state index contributed by atoms with van der Waals surface area (Å²) >= 11 is 3.34. The van der Waals surface area contributed by atoms with Gasteiger partial charge in [0.25, 0.3) is 5.69 Å². The van der Waals surface area contributed by atoms with Crippen molar-refractivity contribution in [2.75, 3.05) is 4.90 Å². The number of amides is 2. The number of allylic oxidation sites excluding steroid dienone is 3. The molecule has 1 saturated heterocycles. The van der Waals surface area contributed by atoms with Crippen molar-refractivity contribution in [1.82, 2.24) is 0 Å². The summed E-state index contributed by atoms with van der Waals surface area (Å²) in [5, 5.41) is 11.2. The molecule has 2 amide bonds. The van der Waals surface area contributed by atoms with Crippen molar-refractivity contribution in [2.24, 2.45) is 23.7 Å². The highest BCUT2D eigenvalue weighted by Crippen LogP contribution is 2.59. The van der Waals surface area contributed by atoms with E-state index in [-0.39, 0.29) is 29.3 Å². The van der Waals surface area contributed by atoms with Crippen LogP contribution < -0.4 is 4.90 Å². The molecular weight excluding hydrogens is 532 g/mol.